The van der Waals surface area contributed by atoms with Gasteiger partial charge in [0, 0.05) is 36.0 Å². The molecule has 1 heterocycles. The fourth-order valence-electron chi connectivity index (χ4n) is 2.70. The minimum Gasteiger partial charge on any atom is -0.478 e. The van der Waals surface area contributed by atoms with Gasteiger partial charge in [-0.3, -0.25) is 9.59 Å². The Morgan fingerprint density at radius 2 is 1.96 bits per heavy atom. The first-order chi connectivity index (χ1) is 12.6. The van der Waals surface area contributed by atoms with Gasteiger partial charge < -0.3 is 15.4 Å². The van der Waals surface area contributed by atoms with Crippen molar-refractivity contribution in [2.75, 3.05) is 11.9 Å². The van der Waals surface area contributed by atoms with Crippen LogP contribution in [0.2, 0.25) is 0 Å². The average molecular weight is 353 g/mol. The van der Waals surface area contributed by atoms with Gasteiger partial charge >= 0.3 is 0 Å². The lowest BCUT2D eigenvalue weighted by molar-refractivity contribution is -0.117. The molecule has 1 aliphatic carbocycles. The molecule has 136 valence electrons. The number of hydrogen-bond donors (Lipinski definition) is 2. The number of amides is 2. The number of nitrogens with zero attached hydrogens (tertiary/aromatic N) is 1. The Balaban J connectivity index is 1.53. The number of benzene rings is 1. The van der Waals surface area contributed by atoms with Crippen molar-refractivity contribution in [3.8, 4) is 5.88 Å². The Kier molecular flexibility index (Phi) is 5.51. The van der Waals surface area contributed by atoms with Crippen LogP contribution in [0.5, 0.6) is 5.88 Å². The first-order valence-electron chi connectivity index (χ1n) is 8.83. The topological polar surface area (TPSA) is 80.3 Å². The molecule has 0 spiro atoms. The molecule has 2 atom stereocenters. The summed E-state index contributed by atoms with van der Waals surface area (Å²) in [6.45, 7) is 4.90. The smallest absolute Gasteiger partial charge is 0.251 e. The molecule has 0 bridgehead atoms. The Morgan fingerprint density at radius 1 is 1.23 bits per heavy atom. The normalized spacial score (nSPS) is 18.1. The highest BCUT2D eigenvalue weighted by molar-refractivity contribution is 5.96. The molecular formula is C20H23N3O3. The largest absolute Gasteiger partial charge is 0.478 e. The molecule has 1 aromatic heterocycles. The minimum absolute atomic E-state index is 0.0532. The Hall–Kier alpha value is -2.89. The first kappa shape index (κ1) is 17.9. The van der Waals surface area contributed by atoms with Gasteiger partial charge in [-0.1, -0.05) is 6.92 Å². The van der Waals surface area contributed by atoms with Crippen LogP contribution >= 0.6 is 0 Å². The second kappa shape index (κ2) is 7.99. The number of carbonyl (C=O) groups is 2. The fraction of sp³-hybridized carbons (Fsp3) is 0.350. The summed E-state index contributed by atoms with van der Waals surface area (Å²) in [4.78, 5) is 28.3. The van der Waals surface area contributed by atoms with Gasteiger partial charge in [0.25, 0.3) is 5.91 Å². The second-order valence-corrected chi connectivity index (χ2v) is 6.50. The molecule has 2 unspecified atom stereocenters. The quantitative estimate of drug-likeness (QED) is 0.802. The summed E-state index contributed by atoms with van der Waals surface area (Å²) < 4.78 is 5.35. The van der Waals surface area contributed by atoms with Crippen LogP contribution in [0.3, 0.4) is 0 Å². The highest BCUT2D eigenvalue weighted by Crippen LogP contribution is 2.38. The molecule has 0 radical (unpaired) electrons. The molecule has 2 N–H and O–H groups in total. The molecule has 1 aromatic carbocycles. The molecule has 26 heavy (non-hydrogen) atoms. The van der Waals surface area contributed by atoms with Gasteiger partial charge in [0.2, 0.25) is 11.8 Å². The summed E-state index contributed by atoms with van der Waals surface area (Å²) in [5, 5.41) is 5.75. The summed E-state index contributed by atoms with van der Waals surface area (Å²) in [6, 6.07) is 10.6. The number of rotatable bonds is 7. The zero-order chi connectivity index (χ0) is 18.5. The molecule has 6 heteroatoms. The van der Waals surface area contributed by atoms with Crippen LogP contribution in [0.4, 0.5) is 5.69 Å². The zero-order valence-corrected chi connectivity index (χ0v) is 15.0. The van der Waals surface area contributed by atoms with Crippen molar-refractivity contribution in [2.24, 2.45) is 11.8 Å². The van der Waals surface area contributed by atoms with Gasteiger partial charge in [0.1, 0.15) is 0 Å². The third-order valence-electron chi connectivity index (χ3n) is 4.41. The average Bonchev–Trinajstić information content (AvgIpc) is 3.38. The number of nitrogens with one attached hydrogen (secondary N) is 2. The summed E-state index contributed by atoms with van der Waals surface area (Å²) in [7, 11) is 0. The minimum atomic E-state index is -0.173. The lowest BCUT2D eigenvalue weighted by Crippen LogP contribution is -2.23. The van der Waals surface area contributed by atoms with E-state index in [1.54, 1.807) is 36.5 Å². The number of pyridine rings is 1. The molecule has 1 saturated carbocycles. The highest BCUT2D eigenvalue weighted by Gasteiger charge is 2.39. The van der Waals surface area contributed by atoms with E-state index < -0.39 is 0 Å². The van der Waals surface area contributed by atoms with Gasteiger partial charge in [0.15, 0.2) is 0 Å². The SMILES string of the molecule is CCOc1cc(CNC(=O)c2ccc(NC(=O)C3CC3C)cc2)ccn1. The summed E-state index contributed by atoms with van der Waals surface area (Å²) >= 11 is 0. The summed E-state index contributed by atoms with van der Waals surface area (Å²) in [5.74, 6) is 1.02. The van der Waals surface area contributed by atoms with Gasteiger partial charge in [-0.2, -0.15) is 0 Å². The van der Waals surface area contributed by atoms with Crippen molar-refractivity contribution in [3.05, 3.63) is 53.7 Å². The van der Waals surface area contributed by atoms with E-state index in [0.29, 0.717) is 36.2 Å². The van der Waals surface area contributed by atoms with Crippen molar-refractivity contribution >= 4 is 17.5 Å². The van der Waals surface area contributed by atoms with Crippen LogP contribution in [0.15, 0.2) is 42.6 Å². The first-order valence-corrected chi connectivity index (χ1v) is 8.83. The molecule has 0 aliphatic heterocycles. The maximum atomic E-state index is 12.3. The van der Waals surface area contributed by atoms with E-state index in [-0.39, 0.29) is 17.7 Å². The Labute approximate surface area is 153 Å². The highest BCUT2D eigenvalue weighted by atomic mass is 16.5. The third kappa shape index (κ3) is 4.59. The van der Waals surface area contributed by atoms with E-state index in [0.717, 1.165) is 12.0 Å². The third-order valence-corrected chi connectivity index (χ3v) is 4.41. The van der Waals surface area contributed by atoms with Gasteiger partial charge in [-0.05, 0) is 55.2 Å². The Morgan fingerprint density at radius 3 is 2.62 bits per heavy atom. The molecule has 0 saturated heterocycles. The molecule has 1 fully saturated rings. The van der Waals surface area contributed by atoms with Crippen LogP contribution in [0, 0.1) is 11.8 Å². The van der Waals surface area contributed by atoms with Gasteiger partial charge in [-0.25, -0.2) is 4.98 Å². The van der Waals surface area contributed by atoms with E-state index in [1.807, 2.05) is 13.0 Å². The molecule has 2 amide bonds. The molecular weight excluding hydrogens is 330 g/mol. The zero-order valence-electron chi connectivity index (χ0n) is 15.0. The predicted molar refractivity (Wildman–Crippen MR) is 98.9 cm³/mol. The van der Waals surface area contributed by atoms with Crippen LogP contribution in [-0.2, 0) is 11.3 Å². The van der Waals surface area contributed by atoms with Crippen LogP contribution in [0.1, 0.15) is 36.2 Å². The maximum absolute atomic E-state index is 12.3. The number of ether oxygens (including phenoxy) is 1. The molecule has 3 rings (SSSR count). The van der Waals surface area contributed by atoms with Crippen molar-refractivity contribution in [1.29, 1.82) is 0 Å². The van der Waals surface area contributed by atoms with Crippen LogP contribution in [-0.4, -0.2) is 23.4 Å². The summed E-state index contributed by atoms with van der Waals surface area (Å²) in [6.07, 6.45) is 2.61. The van der Waals surface area contributed by atoms with Gasteiger partial charge in [0.05, 0.1) is 6.61 Å². The van der Waals surface area contributed by atoms with Crippen LogP contribution in [0.25, 0.3) is 0 Å². The summed E-state index contributed by atoms with van der Waals surface area (Å²) in [5.41, 5.74) is 2.17. The van der Waals surface area contributed by atoms with E-state index in [4.69, 9.17) is 4.74 Å². The molecule has 2 aromatic rings. The van der Waals surface area contributed by atoms with Gasteiger partial charge in [-0.15, -0.1) is 0 Å². The number of carbonyl (C=O) groups excluding carboxylic acids is 2. The van der Waals surface area contributed by atoms with E-state index in [1.165, 1.54) is 0 Å². The lowest BCUT2D eigenvalue weighted by atomic mass is 10.1. The standard InChI is InChI=1S/C20H23N3O3/c1-3-26-18-11-14(8-9-21-18)12-22-19(24)15-4-6-16(7-5-15)23-20(25)17-10-13(17)2/h4-9,11,13,17H,3,10,12H2,1-2H3,(H,22,24)(H,23,25). The second-order valence-electron chi connectivity index (χ2n) is 6.50. The Bertz CT molecular complexity index is 789. The molecule has 1 aliphatic rings. The van der Waals surface area contributed by atoms with E-state index in [9.17, 15) is 9.59 Å². The van der Waals surface area contributed by atoms with Crippen molar-refractivity contribution < 1.29 is 14.3 Å². The van der Waals surface area contributed by atoms with Crippen molar-refractivity contribution in [2.45, 2.75) is 26.8 Å². The van der Waals surface area contributed by atoms with E-state index >= 15 is 0 Å². The van der Waals surface area contributed by atoms with Crippen molar-refractivity contribution in [3.63, 3.8) is 0 Å². The van der Waals surface area contributed by atoms with E-state index in [2.05, 4.69) is 22.5 Å². The predicted octanol–water partition coefficient (Wildman–Crippen LogP) is 3.00. The number of aromatic nitrogens is 1. The number of anilines is 1. The molecule has 6 nitrogen and oxygen atoms in total. The fourth-order valence-corrected chi connectivity index (χ4v) is 2.70. The number of hydrogen-bond acceptors (Lipinski definition) is 4. The lowest BCUT2D eigenvalue weighted by Gasteiger charge is -2.08. The van der Waals surface area contributed by atoms with Crippen LogP contribution < -0.4 is 15.4 Å². The maximum Gasteiger partial charge on any atom is 0.251 e. The monoisotopic (exact) mass is 353 g/mol. The van der Waals surface area contributed by atoms with Crippen molar-refractivity contribution in [1.82, 2.24) is 10.3 Å².